The van der Waals surface area contributed by atoms with Gasteiger partial charge in [0.15, 0.2) is 0 Å². The molecule has 134 valence electrons. The number of carbonyl (C=O) groups is 1. The van der Waals surface area contributed by atoms with Crippen LogP contribution >= 0.6 is 0 Å². The summed E-state index contributed by atoms with van der Waals surface area (Å²) in [6.07, 6.45) is -1.79. The fourth-order valence-electron chi connectivity index (χ4n) is 2.90. The molecule has 7 heteroatoms. The van der Waals surface area contributed by atoms with Crippen LogP contribution in [0, 0.1) is 0 Å². The van der Waals surface area contributed by atoms with E-state index in [9.17, 15) is 23.1 Å². The Kier molecular flexibility index (Phi) is 6.10. The van der Waals surface area contributed by atoms with Crippen LogP contribution < -0.4 is 10.1 Å². The van der Waals surface area contributed by atoms with E-state index < -0.39 is 6.36 Å². The zero-order valence-corrected chi connectivity index (χ0v) is 13.5. The van der Waals surface area contributed by atoms with Crippen molar-refractivity contribution in [2.75, 3.05) is 0 Å². The average Bonchev–Trinajstić information content (AvgIpc) is 2.48. The highest BCUT2D eigenvalue weighted by Crippen LogP contribution is 2.26. The zero-order chi connectivity index (χ0) is 17.7. The molecule has 4 nitrogen and oxygen atoms in total. The van der Waals surface area contributed by atoms with Gasteiger partial charge in [-0.05, 0) is 49.3 Å². The number of hydrogen-bond acceptors (Lipinski definition) is 3. The molecule has 0 heterocycles. The normalized spacial score (nSPS) is 22.7. The Bertz CT molecular complexity index is 537. The van der Waals surface area contributed by atoms with E-state index in [2.05, 4.69) is 10.1 Å². The molecule has 1 amide bonds. The molecule has 1 unspecified atom stereocenters. The van der Waals surface area contributed by atoms with Crippen molar-refractivity contribution in [3.05, 3.63) is 29.8 Å². The minimum Gasteiger partial charge on any atom is -0.406 e. The maximum absolute atomic E-state index is 12.1. The number of amides is 1. The molecule has 0 bridgehead atoms. The lowest BCUT2D eigenvalue weighted by Gasteiger charge is -2.26. The summed E-state index contributed by atoms with van der Waals surface area (Å²) in [5.74, 6) is -0.470. The smallest absolute Gasteiger partial charge is 0.406 e. The van der Waals surface area contributed by atoms with E-state index in [1.54, 1.807) is 0 Å². The molecule has 2 N–H and O–H groups in total. The first-order valence-electron chi connectivity index (χ1n) is 8.06. The third-order valence-corrected chi connectivity index (χ3v) is 4.24. The van der Waals surface area contributed by atoms with Crippen LogP contribution in [0.15, 0.2) is 24.3 Å². The number of hydrogen-bond donors (Lipinski definition) is 2. The molecule has 0 radical (unpaired) electrons. The standard InChI is InChI=1S/C17H22F3NO3/c1-11(10-16(23)21-13-4-6-14(22)7-5-13)12-2-8-15(9-3-12)24-17(18,19)20/h2-3,8-9,11,13-14,22H,4-7,10H2,1H3,(H,21,23)/t11?,13-,14-. The molecule has 1 aliphatic rings. The Morgan fingerprint density at radius 2 is 1.83 bits per heavy atom. The molecule has 0 spiro atoms. The van der Waals surface area contributed by atoms with Crippen LogP contribution in [0.2, 0.25) is 0 Å². The molecule has 1 fully saturated rings. The molecule has 1 aromatic carbocycles. The largest absolute Gasteiger partial charge is 0.573 e. The molecule has 0 aromatic heterocycles. The molecule has 2 rings (SSSR count). The van der Waals surface area contributed by atoms with E-state index in [0.29, 0.717) is 12.8 Å². The Labute approximate surface area is 139 Å². The maximum atomic E-state index is 12.1. The van der Waals surface area contributed by atoms with E-state index in [1.807, 2.05) is 6.92 Å². The van der Waals surface area contributed by atoms with Crippen molar-refractivity contribution in [1.82, 2.24) is 5.32 Å². The van der Waals surface area contributed by atoms with Crippen molar-refractivity contribution in [1.29, 1.82) is 0 Å². The second-order valence-electron chi connectivity index (χ2n) is 6.29. The van der Waals surface area contributed by atoms with Gasteiger partial charge in [-0.1, -0.05) is 19.1 Å². The maximum Gasteiger partial charge on any atom is 0.573 e. The summed E-state index contributed by atoms with van der Waals surface area (Å²) < 4.78 is 40.2. The number of rotatable bonds is 5. The predicted octanol–water partition coefficient (Wildman–Crippen LogP) is 3.50. The number of carbonyl (C=O) groups excluding carboxylic acids is 1. The molecular weight excluding hydrogens is 323 g/mol. The third-order valence-electron chi connectivity index (χ3n) is 4.24. The van der Waals surface area contributed by atoms with Crippen molar-refractivity contribution < 1.29 is 27.8 Å². The van der Waals surface area contributed by atoms with Gasteiger partial charge >= 0.3 is 6.36 Å². The number of ether oxygens (including phenoxy) is 1. The van der Waals surface area contributed by atoms with Gasteiger partial charge in [0, 0.05) is 12.5 Å². The van der Waals surface area contributed by atoms with Gasteiger partial charge in [-0.2, -0.15) is 0 Å². The Balaban J connectivity index is 1.83. The first-order valence-corrected chi connectivity index (χ1v) is 8.06. The second-order valence-corrected chi connectivity index (χ2v) is 6.29. The molecule has 1 aliphatic carbocycles. The molecule has 1 atom stereocenters. The summed E-state index contributed by atoms with van der Waals surface area (Å²) in [5.41, 5.74) is 0.777. The fraction of sp³-hybridized carbons (Fsp3) is 0.588. The van der Waals surface area contributed by atoms with Crippen LogP contribution in [0.5, 0.6) is 5.75 Å². The van der Waals surface area contributed by atoms with Gasteiger partial charge in [0.05, 0.1) is 6.10 Å². The second kappa shape index (κ2) is 7.88. The number of alkyl halides is 3. The highest BCUT2D eigenvalue weighted by atomic mass is 19.4. The molecule has 1 aromatic rings. The Morgan fingerprint density at radius 3 is 2.38 bits per heavy atom. The van der Waals surface area contributed by atoms with Crippen LogP contribution in [-0.4, -0.2) is 29.5 Å². The van der Waals surface area contributed by atoms with Crippen molar-refractivity contribution in [3.8, 4) is 5.75 Å². The van der Waals surface area contributed by atoms with Gasteiger partial charge in [-0.3, -0.25) is 4.79 Å². The summed E-state index contributed by atoms with van der Waals surface area (Å²) in [7, 11) is 0. The SMILES string of the molecule is CC(CC(=O)N[C@H]1CC[C@H](O)CC1)c1ccc(OC(F)(F)F)cc1. The number of aliphatic hydroxyl groups is 1. The van der Waals surface area contributed by atoms with Crippen molar-refractivity contribution in [2.24, 2.45) is 0 Å². The summed E-state index contributed by atoms with van der Waals surface area (Å²) >= 11 is 0. The minimum absolute atomic E-state index is 0.0838. The summed E-state index contributed by atoms with van der Waals surface area (Å²) in [6, 6.07) is 5.67. The number of nitrogens with one attached hydrogen (secondary N) is 1. The zero-order valence-electron chi connectivity index (χ0n) is 13.5. The average molecular weight is 345 g/mol. The predicted molar refractivity (Wildman–Crippen MR) is 82.6 cm³/mol. The van der Waals surface area contributed by atoms with Crippen LogP contribution in [0.25, 0.3) is 0 Å². The number of benzene rings is 1. The molecule has 0 aliphatic heterocycles. The number of aliphatic hydroxyl groups excluding tert-OH is 1. The lowest BCUT2D eigenvalue weighted by atomic mass is 9.92. The van der Waals surface area contributed by atoms with E-state index in [4.69, 9.17) is 0 Å². The van der Waals surface area contributed by atoms with Crippen LogP contribution in [0.3, 0.4) is 0 Å². The monoisotopic (exact) mass is 345 g/mol. The lowest BCUT2D eigenvalue weighted by Crippen LogP contribution is -2.38. The topological polar surface area (TPSA) is 58.6 Å². The quantitative estimate of drug-likeness (QED) is 0.859. The molecule has 0 saturated heterocycles. The minimum atomic E-state index is -4.71. The first-order chi connectivity index (χ1) is 11.2. The van der Waals surface area contributed by atoms with Crippen LogP contribution in [0.4, 0.5) is 13.2 Å². The summed E-state index contributed by atoms with van der Waals surface area (Å²) in [4.78, 5) is 12.1. The first kappa shape index (κ1) is 18.6. The Morgan fingerprint density at radius 1 is 1.25 bits per heavy atom. The third kappa shape index (κ3) is 6.03. The van der Waals surface area contributed by atoms with Gasteiger partial charge in [-0.15, -0.1) is 13.2 Å². The molecule has 24 heavy (non-hydrogen) atoms. The molecular formula is C17H22F3NO3. The van der Waals surface area contributed by atoms with Crippen LogP contribution in [0.1, 0.15) is 50.5 Å². The van der Waals surface area contributed by atoms with Gasteiger partial charge in [0.25, 0.3) is 0 Å². The molecule has 1 saturated carbocycles. The highest BCUT2D eigenvalue weighted by molar-refractivity contribution is 5.77. The number of halogens is 3. The van der Waals surface area contributed by atoms with E-state index in [0.717, 1.165) is 18.4 Å². The fourth-order valence-corrected chi connectivity index (χ4v) is 2.90. The van der Waals surface area contributed by atoms with Crippen molar-refractivity contribution in [3.63, 3.8) is 0 Å². The van der Waals surface area contributed by atoms with Crippen molar-refractivity contribution >= 4 is 5.91 Å². The van der Waals surface area contributed by atoms with Gasteiger partial charge in [-0.25, -0.2) is 0 Å². The van der Waals surface area contributed by atoms with E-state index in [-0.39, 0.29) is 36.1 Å². The summed E-state index contributed by atoms with van der Waals surface area (Å²) in [6.45, 7) is 1.85. The lowest BCUT2D eigenvalue weighted by molar-refractivity contribution is -0.274. The summed E-state index contributed by atoms with van der Waals surface area (Å²) in [5, 5.41) is 12.4. The van der Waals surface area contributed by atoms with Crippen LogP contribution in [-0.2, 0) is 4.79 Å². The Hall–Kier alpha value is -1.76. The van der Waals surface area contributed by atoms with Gasteiger partial charge < -0.3 is 15.2 Å². The van der Waals surface area contributed by atoms with Crippen molar-refractivity contribution in [2.45, 2.75) is 63.5 Å². The van der Waals surface area contributed by atoms with Gasteiger partial charge in [0.1, 0.15) is 5.75 Å². The van der Waals surface area contributed by atoms with Gasteiger partial charge in [0.2, 0.25) is 5.91 Å². The van der Waals surface area contributed by atoms with E-state index in [1.165, 1.54) is 24.3 Å². The van der Waals surface area contributed by atoms with E-state index >= 15 is 0 Å². The highest BCUT2D eigenvalue weighted by Gasteiger charge is 2.31.